The van der Waals surface area contributed by atoms with Crippen LogP contribution in [0.1, 0.15) is 21.5 Å². The summed E-state index contributed by atoms with van der Waals surface area (Å²) in [7, 11) is 1.58. The van der Waals surface area contributed by atoms with Crippen molar-refractivity contribution < 1.29 is 9.53 Å². The molecule has 2 heterocycles. The first kappa shape index (κ1) is 26.7. The van der Waals surface area contributed by atoms with Crippen molar-refractivity contribution in [1.82, 2.24) is 9.97 Å². The summed E-state index contributed by atoms with van der Waals surface area (Å²) in [5.41, 5.74) is 9.76. The normalized spacial score (nSPS) is 10.6. The number of nitrogens with zero attached hydrogens (tertiary/aromatic N) is 4. The van der Waals surface area contributed by atoms with E-state index in [-0.39, 0.29) is 33.5 Å². The van der Waals surface area contributed by atoms with Crippen molar-refractivity contribution in [2.45, 2.75) is 5.03 Å². The third-order valence-electron chi connectivity index (χ3n) is 6.24. The number of methoxy groups -OCH3 is 1. The minimum absolute atomic E-state index is 0.0316. The lowest BCUT2D eigenvalue weighted by Crippen LogP contribution is -2.08. The van der Waals surface area contributed by atoms with Gasteiger partial charge in [0.05, 0.1) is 29.6 Å². The van der Waals surface area contributed by atoms with Crippen molar-refractivity contribution in [2.24, 2.45) is 0 Å². The molecule has 3 aromatic carbocycles. The van der Waals surface area contributed by atoms with Gasteiger partial charge in [-0.05, 0) is 42.0 Å². The molecule has 0 aliphatic heterocycles. The van der Waals surface area contributed by atoms with E-state index in [0.717, 1.165) is 28.2 Å². The van der Waals surface area contributed by atoms with Gasteiger partial charge in [0.1, 0.15) is 34.3 Å². The lowest BCUT2D eigenvalue weighted by molar-refractivity contribution is 0.102. The van der Waals surface area contributed by atoms with Crippen molar-refractivity contribution in [3.05, 3.63) is 101 Å². The number of nitrogen functional groups attached to an aromatic ring is 1. The number of Topliss-reactive ketones (excluding diaryl/α,β-unsaturated/α-hetero) is 1. The number of hydrogen-bond acceptors (Lipinski definition) is 8. The molecule has 0 fully saturated rings. The number of halogens is 1. The predicted octanol–water partition coefficient (Wildman–Crippen LogP) is 6.93. The number of nitrogens with two attached hydrogens (primary N) is 1. The molecule has 0 atom stereocenters. The van der Waals surface area contributed by atoms with E-state index in [2.05, 4.69) is 17.1 Å². The van der Waals surface area contributed by atoms with Gasteiger partial charge >= 0.3 is 0 Å². The lowest BCUT2D eigenvalue weighted by atomic mass is 9.97. The molecule has 5 aromatic rings. The second-order valence-electron chi connectivity index (χ2n) is 8.68. The average molecular weight is 562 g/mol. The number of nitriles is 2. The first-order chi connectivity index (χ1) is 19.4. The molecule has 0 spiro atoms. The Hall–Kier alpha value is -4.89. The Labute approximate surface area is 239 Å². The Morgan fingerprint density at radius 3 is 2.40 bits per heavy atom. The Kier molecular flexibility index (Phi) is 7.65. The second kappa shape index (κ2) is 11.5. The van der Waals surface area contributed by atoms with E-state index in [0.29, 0.717) is 33.2 Å². The van der Waals surface area contributed by atoms with Crippen LogP contribution in [-0.4, -0.2) is 28.6 Å². The van der Waals surface area contributed by atoms with Crippen LogP contribution in [0.25, 0.3) is 33.3 Å². The molecule has 0 unspecified atom stereocenters. The lowest BCUT2D eigenvalue weighted by Gasteiger charge is -2.14. The molecule has 2 N–H and O–H groups in total. The maximum Gasteiger partial charge on any atom is 0.175 e. The van der Waals surface area contributed by atoms with Gasteiger partial charge in [0, 0.05) is 27.1 Å². The van der Waals surface area contributed by atoms with Gasteiger partial charge in [-0.15, -0.1) is 0 Å². The molecule has 40 heavy (non-hydrogen) atoms. The molecule has 9 heteroatoms. The number of aromatic nitrogens is 2. The van der Waals surface area contributed by atoms with E-state index in [1.165, 1.54) is 0 Å². The summed E-state index contributed by atoms with van der Waals surface area (Å²) in [4.78, 5) is 22.8. The molecule has 0 saturated heterocycles. The molecule has 0 aliphatic rings. The smallest absolute Gasteiger partial charge is 0.175 e. The molecule has 0 radical (unpaired) electrons. The number of fused-ring (bicyclic) bond motifs is 1. The highest BCUT2D eigenvalue weighted by molar-refractivity contribution is 8.00. The minimum atomic E-state index is -0.209. The van der Waals surface area contributed by atoms with Crippen LogP contribution in [0, 0.1) is 22.7 Å². The summed E-state index contributed by atoms with van der Waals surface area (Å²) >= 11 is 7.27. The van der Waals surface area contributed by atoms with Crippen LogP contribution in [0.15, 0.2) is 83.9 Å². The zero-order valence-electron chi connectivity index (χ0n) is 21.2. The largest absolute Gasteiger partial charge is 0.497 e. The number of ether oxygens (including phenoxy) is 1. The molecule has 0 bridgehead atoms. The SMILES string of the molecule is COc1ccc2nc(-c3ccccc3)c(C(=O)CSc3nc(N)c(C#N)c(-c4cccc(Cl)c4)c3C#N)cc2c1. The van der Waals surface area contributed by atoms with Crippen molar-refractivity contribution >= 4 is 45.9 Å². The Bertz CT molecular complexity index is 1860. The van der Waals surface area contributed by atoms with Crippen LogP contribution in [0.2, 0.25) is 5.02 Å². The van der Waals surface area contributed by atoms with Gasteiger partial charge < -0.3 is 10.5 Å². The number of rotatable bonds is 7. The highest BCUT2D eigenvalue weighted by Gasteiger charge is 2.23. The summed E-state index contributed by atoms with van der Waals surface area (Å²) in [6, 6.07) is 27.8. The highest BCUT2D eigenvalue weighted by atomic mass is 35.5. The van der Waals surface area contributed by atoms with E-state index in [1.54, 1.807) is 37.4 Å². The fourth-order valence-corrected chi connectivity index (χ4v) is 5.43. The Morgan fingerprint density at radius 2 is 1.70 bits per heavy atom. The molecular formula is C31H20ClN5O2S. The molecule has 0 saturated carbocycles. The number of carbonyl (C=O) groups is 1. The topological polar surface area (TPSA) is 126 Å². The third kappa shape index (κ3) is 5.19. The van der Waals surface area contributed by atoms with Gasteiger partial charge in [-0.25, -0.2) is 9.97 Å². The maximum atomic E-state index is 13.7. The summed E-state index contributed by atoms with van der Waals surface area (Å²) in [6.07, 6.45) is 0. The fourth-order valence-electron chi connectivity index (χ4n) is 4.36. The quantitative estimate of drug-likeness (QED) is 0.167. The van der Waals surface area contributed by atoms with Gasteiger partial charge in [0.2, 0.25) is 0 Å². The number of carbonyl (C=O) groups excluding carboxylic acids is 1. The van der Waals surface area contributed by atoms with E-state index in [4.69, 9.17) is 27.1 Å². The number of benzene rings is 3. The Morgan fingerprint density at radius 1 is 0.950 bits per heavy atom. The van der Waals surface area contributed by atoms with Gasteiger partial charge in [0.25, 0.3) is 0 Å². The van der Waals surface area contributed by atoms with Gasteiger partial charge in [0.15, 0.2) is 5.78 Å². The summed E-state index contributed by atoms with van der Waals surface area (Å²) in [5, 5.41) is 21.3. The van der Waals surface area contributed by atoms with Crippen LogP contribution in [0.3, 0.4) is 0 Å². The standard InChI is InChI=1S/C31H20ClN5O2S/c1-39-22-10-11-26-20(13-22)14-23(29(36-26)18-6-3-2-4-7-18)27(38)17-40-31-25(16-34)28(24(15-33)30(35)37-31)19-8-5-9-21(32)12-19/h2-14H,17H2,1H3,(H2,35,37). The number of ketones is 1. The summed E-state index contributed by atoms with van der Waals surface area (Å²) in [6.45, 7) is 0. The zero-order chi connectivity index (χ0) is 28.2. The molecule has 194 valence electrons. The number of anilines is 1. The number of hydrogen-bond donors (Lipinski definition) is 1. The monoisotopic (exact) mass is 561 g/mol. The van der Waals surface area contributed by atoms with Crippen LogP contribution in [-0.2, 0) is 0 Å². The first-order valence-corrected chi connectivity index (χ1v) is 13.4. The van der Waals surface area contributed by atoms with Crippen LogP contribution >= 0.6 is 23.4 Å². The van der Waals surface area contributed by atoms with Crippen LogP contribution < -0.4 is 10.5 Å². The highest BCUT2D eigenvalue weighted by Crippen LogP contribution is 2.37. The van der Waals surface area contributed by atoms with Crippen molar-refractivity contribution in [2.75, 3.05) is 18.6 Å². The van der Waals surface area contributed by atoms with E-state index < -0.39 is 0 Å². The summed E-state index contributed by atoms with van der Waals surface area (Å²) in [5.74, 6) is 0.368. The van der Waals surface area contributed by atoms with E-state index in [9.17, 15) is 15.3 Å². The third-order valence-corrected chi connectivity index (χ3v) is 7.45. The minimum Gasteiger partial charge on any atom is -0.497 e. The Balaban J connectivity index is 1.57. The zero-order valence-corrected chi connectivity index (χ0v) is 22.8. The average Bonchev–Trinajstić information content (AvgIpc) is 2.98. The second-order valence-corrected chi connectivity index (χ2v) is 10.1. The van der Waals surface area contributed by atoms with Crippen molar-refractivity contribution in [3.8, 4) is 40.3 Å². The van der Waals surface area contributed by atoms with E-state index >= 15 is 0 Å². The van der Waals surface area contributed by atoms with Crippen molar-refractivity contribution in [3.63, 3.8) is 0 Å². The fraction of sp³-hybridized carbons (Fsp3) is 0.0645. The summed E-state index contributed by atoms with van der Waals surface area (Å²) < 4.78 is 5.35. The van der Waals surface area contributed by atoms with E-state index in [1.807, 2.05) is 48.5 Å². The van der Waals surface area contributed by atoms with Crippen molar-refractivity contribution in [1.29, 1.82) is 10.5 Å². The first-order valence-electron chi connectivity index (χ1n) is 12.0. The molecular weight excluding hydrogens is 542 g/mol. The van der Waals surface area contributed by atoms with Gasteiger partial charge in [-0.2, -0.15) is 10.5 Å². The molecule has 0 amide bonds. The number of pyridine rings is 2. The predicted molar refractivity (Wildman–Crippen MR) is 157 cm³/mol. The van der Waals surface area contributed by atoms with Crippen LogP contribution in [0.4, 0.5) is 5.82 Å². The molecule has 0 aliphatic carbocycles. The van der Waals surface area contributed by atoms with Gasteiger partial charge in [-0.1, -0.05) is 65.8 Å². The number of thioether (sulfide) groups is 1. The molecule has 2 aromatic heterocycles. The van der Waals surface area contributed by atoms with Gasteiger partial charge in [-0.3, -0.25) is 4.79 Å². The molecule has 5 rings (SSSR count). The molecule has 7 nitrogen and oxygen atoms in total. The maximum absolute atomic E-state index is 13.7. The van der Waals surface area contributed by atoms with Crippen LogP contribution in [0.5, 0.6) is 5.75 Å².